The van der Waals surface area contributed by atoms with Crippen molar-refractivity contribution in [1.29, 1.82) is 0 Å². The summed E-state index contributed by atoms with van der Waals surface area (Å²) in [6.07, 6.45) is -0.526. The molecule has 0 saturated carbocycles. The SMILES string of the molecule is CCC1O[C@@H](O[C@@H]2C(CC)O[C@@H](O[C@H]3C(C)C(C)[C@@H]4OC[C@@H]3O4)[C@@H](C)C2C)[C@@H](C)C(C)[C@@H]1O[C@@H]1O[C@@H](CC)[C@@H](O[C@H]2O[C@@H](CC)[C@@H](O[C@@H]3OC(CC)[C@@H](O[C@@H]4OC(CC)[C@@H](O)[C@H](C)C4C)C(C)[C@@H]3C)C(C)C2C)C(C)C1C. The molecule has 8 saturated heterocycles. The fourth-order valence-electron chi connectivity index (χ4n) is 14.5. The van der Waals surface area contributed by atoms with Crippen LogP contribution in [-0.2, 0) is 66.3 Å². The molecular formula is C62H110O15. The second kappa shape index (κ2) is 26.5. The molecule has 0 spiro atoms. The predicted molar refractivity (Wildman–Crippen MR) is 292 cm³/mol. The highest BCUT2D eigenvalue weighted by Gasteiger charge is 2.55. The maximum atomic E-state index is 10.9. The first-order valence-corrected chi connectivity index (χ1v) is 31.4. The molecule has 448 valence electrons. The Morgan fingerprint density at radius 2 is 0.519 bits per heavy atom. The van der Waals surface area contributed by atoms with E-state index in [9.17, 15) is 5.11 Å². The van der Waals surface area contributed by atoms with Crippen molar-refractivity contribution >= 4 is 0 Å². The lowest BCUT2D eigenvalue weighted by Gasteiger charge is -2.52. The fourth-order valence-corrected chi connectivity index (χ4v) is 14.5. The van der Waals surface area contributed by atoms with Gasteiger partial charge in [0.15, 0.2) is 44.0 Å². The smallest absolute Gasteiger partial charge is 0.161 e. The number of rotatable bonds is 18. The van der Waals surface area contributed by atoms with Gasteiger partial charge < -0.3 is 71.4 Å². The van der Waals surface area contributed by atoms with Gasteiger partial charge in [-0.25, -0.2) is 0 Å². The number of aliphatic hydroxyl groups is 1. The molecule has 8 rings (SSSR count). The van der Waals surface area contributed by atoms with Crippen molar-refractivity contribution in [3.05, 3.63) is 0 Å². The second-order valence-electron chi connectivity index (χ2n) is 26.2. The lowest BCUT2D eigenvalue weighted by Crippen LogP contribution is -2.60. The van der Waals surface area contributed by atoms with Crippen LogP contribution in [0.25, 0.3) is 0 Å². The Morgan fingerprint density at radius 1 is 0.286 bits per heavy atom. The van der Waals surface area contributed by atoms with Gasteiger partial charge in [-0.2, -0.15) is 0 Å². The molecule has 14 unspecified atom stereocenters. The van der Waals surface area contributed by atoms with E-state index in [0.29, 0.717) is 12.5 Å². The van der Waals surface area contributed by atoms with Crippen LogP contribution in [0.2, 0.25) is 0 Å². The van der Waals surface area contributed by atoms with E-state index in [-0.39, 0.29) is 169 Å². The minimum Gasteiger partial charge on any atom is -0.390 e. The molecule has 0 aromatic rings. The van der Waals surface area contributed by atoms with Crippen LogP contribution < -0.4 is 0 Å². The van der Waals surface area contributed by atoms with E-state index in [1.165, 1.54) is 0 Å². The Balaban J connectivity index is 0.859. The van der Waals surface area contributed by atoms with Gasteiger partial charge in [0.05, 0.1) is 86.0 Å². The number of hydrogen-bond acceptors (Lipinski definition) is 15. The summed E-state index contributed by atoms with van der Waals surface area (Å²) >= 11 is 0. The molecule has 8 aliphatic heterocycles. The van der Waals surface area contributed by atoms with Crippen molar-refractivity contribution in [3.8, 4) is 0 Å². The second-order valence-corrected chi connectivity index (χ2v) is 26.2. The summed E-state index contributed by atoms with van der Waals surface area (Å²) in [7, 11) is 0. The van der Waals surface area contributed by atoms with Gasteiger partial charge in [-0.1, -0.05) is 138 Å². The van der Waals surface area contributed by atoms with Crippen LogP contribution >= 0.6 is 0 Å². The third kappa shape index (κ3) is 12.5. The Labute approximate surface area is 465 Å². The molecule has 35 atom stereocenters. The summed E-state index contributed by atoms with van der Waals surface area (Å²) in [5, 5.41) is 10.9. The molecule has 8 aliphatic rings. The van der Waals surface area contributed by atoms with Gasteiger partial charge in [0.25, 0.3) is 0 Å². The normalized spacial score (nSPS) is 54.6. The number of ether oxygens (including phenoxy) is 14. The third-order valence-corrected chi connectivity index (χ3v) is 21.8. The van der Waals surface area contributed by atoms with Crippen molar-refractivity contribution in [1.82, 2.24) is 0 Å². The quantitative estimate of drug-likeness (QED) is 0.139. The van der Waals surface area contributed by atoms with Crippen LogP contribution in [0.15, 0.2) is 0 Å². The van der Waals surface area contributed by atoms with Crippen LogP contribution in [0.1, 0.15) is 177 Å². The average Bonchev–Trinajstić information content (AvgIpc) is 3.94. The molecule has 15 heteroatoms. The van der Waals surface area contributed by atoms with Gasteiger partial charge in [-0.15, -0.1) is 0 Å². The van der Waals surface area contributed by atoms with Gasteiger partial charge in [0.2, 0.25) is 0 Å². The fraction of sp³-hybridized carbons (Fsp3) is 1.00. The van der Waals surface area contributed by atoms with Gasteiger partial charge in [0.1, 0.15) is 6.10 Å². The summed E-state index contributed by atoms with van der Waals surface area (Å²) in [6.45, 7) is 44.7. The van der Waals surface area contributed by atoms with Crippen molar-refractivity contribution in [2.75, 3.05) is 6.61 Å². The van der Waals surface area contributed by atoms with Crippen molar-refractivity contribution < 1.29 is 71.4 Å². The Bertz CT molecular complexity index is 1800. The van der Waals surface area contributed by atoms with Crippen molar-refractivity contribution in [3.63, 3.8) is 0 Å². The third-order valence-electron chi connectivity index (χ3n) is 21.8. The van der Waals surface area contributed by atoms with Crippen LogP contribution in [0.5, 0.6) is 0 Å². The highest BCUT2D eigenvalue weighted by molar-refractivity contribution is 4.97. The standard InChI is InChI=1S/C62H110O15/c1-21-42-49(63)28(7)35(14)57(65-42)72-50-30(9)37(16)58(66-43(50)22-2)73-51-31(10)38(17)59(67-44(51)23-3)74-52-32(11)39(18)60(68-45(52)24-4)75-53-33(12)40(19)61(69-46(53)25-5)76-54-34(13)41(20)62(70-47(54)26-6)77-55-29(8)36(15)56-64-27-48(55)71-56/h28-63H,21-27H2,1-20H3/t28-,29?,30?,31?,32?,33?,34?,35?,36?,37+,38?,39?,40+,41+,42?,43?,44+,45+,46?,47?,48+,49+,50+,51+,52+,53+,54+,55+,56-,57+,58+,59-,60+,61+,62+/m1/s1. The molecule has 0 aromatic heterocycles. The Kier molecular flexibility index (Phi) is 21.5. The van der Waals surface area contributed by atoms with E-state index in [4.69, 9.17) is 66.3 Å². The molecule has 15 nitrogen and oxygen atoms in total. The number of fused-ring (bicyclic) bond motifs is 2. The molecule has 0 amide bonds. The number of aliphatic hydroxyl groups excluding tert-OH is 1. The highest BCUT2D eigenvalue weighted by Crippen LogP contribution is 2.47. The lowest BCUT2D eigenvalue weighted by atomic mass is 9.80. The molecule has 8 heterocycles. The summed E-state index contributed by atoms with van der Waals surface area (Å²) in [5.41, 5.74) is 0. The predicted octanol–water partition coefficient (Wildman–Crippen LogP) is 11.1. The average molecular weight is 1100 g/mol. The van der Waals surface area contributed by atoms with E-state index in [1.807, 2.05) is 0 Å². The zero-order valence-electron chi connectivity index (χ0n) is 51.3. The van der Waals surface area contributed by atoms with Crippen molar-refractivity contribution in [2.45, 2.75) is 306 Å². The molecule has 0 aromatic carbocycles. The zero-order valence-corrected chi connectivity index (χ0v) is 51.3. The van der Waals surface area contributed by atoms with Crippen LogP contribution in [-0.4, -0.2) is 141 Å². The van der Waals surface area contributed by atoms with Crippen molar-refractivity contribution in [2.24, 2.45) is 82.9 Å². The molecule has 8 fully saturated rings. The Hall–Kier alpha value is -0.600. The first-order valence-electron chi connectivity index (χ1n) is 31.4. The minimum atomic E-state index is -0.499. The summed E-state index contributed by atoms with van der Waals surface area (Å²) in [6, 6.07) is 0. The van der Waals surface area contributed by atoms with Crippen LogP contribution in [0.4, 0.5) is 0 Å². The summed E-state index contributed by atoms with van der Waals surface area (Å²) < 4.78 is 95.4. The molecule has 77 heavy (non-hydrogen) atoms. The summed E-state index contributed by atoms with van der Waals surface area (Å²) in [5.74, 6) is 1.71. The maximum absolute atomic E-state index is 10.9. The largest absolute Gasteiger partial charge is 0.390 e. The Morgan fingerprint density at radius 3 is 0.792 bits per heavy atom. The highest BCUT2D eigenvalue weighted by atomic mass is 16.8. The molecule has 1 N–H and O–H groups in total. The van der Waals surface area contributed by atoms with Crippen LogP contribution in [0, 0.1) is 82.9 Å². The maximum Gasteiger partial charge on any atom is 0.161 e. The zero-order chi connectivity index (χ0) is 56.1. The first-order chi connectivity index (χ1) is 36.6. The van der Waals surface area contributed by atoms with Crippen LogP contribution in [0.3, 0.4) is 0 Å². The molecular weight excluding hydrogens is 985 g/mol. The van der Waals surface area contributed by atoms with Gasteiger partial charge in [0, 0.05) is 41.4 Å². The van der Waals surface area contributed by atoms with E-state index in [1.54, 1.807) is 0 Å². The van der Waals surface area contributed by atoms with E-state index in [2.05, 4.69) is 138 Å². The molecule has 2 bridgehead atoms. The van der Waals surface area contributed by atoms with Gasteiger partial charge in [-0.3, -0.25) is 0 Å². The minimum absolute atomic E-state index is 0.0459. The van der Waals surface area contributed by atoms with E-state index < -0.39 is 37.6 Å². The van der Waals surface area contributed by atoms with E-state index in [0.717, 1.165) is 38.5 Å². The topological polar surface area (TPSA) is 149 Å². The summed E-state index contributed by atoms with van der Waals surface area (Å²) in [4.78, 5) is 0. The van der Waals surface area contributed by atoms with Gasteiger partial charge >= 0.3 is 0 Å². The number of hydrogen-bond donors (Lipinski definition) is 1. The van der Waals surface area contributed by atoms with E-state index >= 15 is 0 Å². The lowest BCUT2D eigenvalue weighted by molar-refractivity contribution is -0.369. The first kappa shape index (κ1) is 62.4. The molecule has 0 aliphatic carbocycles. The monoisotopic (exact) mass is 1090 g/mol. The molecule has 0 radical (unpaired) electrons. The van der Waals surface area contributed by atoms with Gasteiger partial charge in [-0.05, 0) is 80.0 Å².